The molecule has 0 spiro atoms. The van der Waals surface area contributed by atoms with Crippen molar-refractivity contribution in [3.63, 3.8) is 0 Å². The second kappa shape index (κ2) is 10.4. The van der Waals surface area contributed by atoms with E-state index in [1.165, 1.54) is 12.1 Å². The average Bonchev–Trinajstić information content (AvgIpc) is 2.64. The fourth-order valence-corrected chi connectivity index (χ4v) is 4.74. The van der Waals surface area contributed by atoms with Crippen molar-refractivity contribution < 1.29 is 27.4 Å². The van der Waals surface area contributed by atoms with Crippen molar-refractivity contribution in [2.45, 2.75) is 23.2 Å². The predicted molar refractivity (Wildman–Crippen MR) is 96.9 cm³/mol. The number of hydrogen-bond acceptors (Lipinski definition) is 3. The number of esters is 1. The van der Waals surface area contributed by atoms with Gasteiger partial charge in [0.25, 0.3) is 0 Å². The van der Waals surface area contributed by atoms with E-state index in [0.717, 1.165) is 15.7 Å². The number of benzene rings is 2. The van der Waals surface area contributed by atoms with Crippen LogP contribution >= 0.6 is 0 Å². The van der Waals surface area contributed by atoms with E-state index in [0.29, 0.717) is 10.2 Å². The Bertz CT molecular complexity index is 768. The van der Waals surface area contributed by atoms with E-state index >= 15 is 0 Å². The number of carbonyl (C=O) groups is 1. The third-order valence-corrected chi connectivity index (χ3v) is 6.65. The van der Waals surface area contributed by atoms with Gasteiger partial charge in [0.05, 0.1) is 0 Å². The molecule has 0 saturated carbocycles. The molecule has 0 bridgehead atoms. The molecule has 0 radical (unpaired) electrons. The van der Waals surface area contributed by atoms with Gasteiger partial charge in [-0.05, 0) is 0 Å². The zero-order valence-corrected chi connectivity index (χ0v) is 16.6. The van der Waals surface area contributed by atoms with Crippen LogP contribution in [-0.4, -0.2) is 39.6 Å². The van der Waals surface area contributed by atoms with Crippen LogP contribution in [0.2, 0.25) is 4.47 Å². The molecule has 0 saturated heterocycles. The van der Waals surface area contributed by atoms with Crippen molar-refractivity contribution in [1.82, 2.24) is 0 Å². The summed E-state index contributed by atoms with van der Waals surface area (Å²) in [7, 11) is 0. The normalized spacial score (nSPS) is 12.2. The van der Waals surface area contributed by atoms with Crippen molar-refractivity contribution in [2.24, 2.45) is 0 Å². The number of halogens is 3. The van der Waals surface area contributed by atoms with E-state index in [-0.39, 0.29) is 13.0 Å². The topological polar surface area (TPSA) is 35.5 Å². The first-order chi connectivity index (χ1) is 12.9. The molecule has 0 fully saturated rings. The first-order valence-electron chi connectivity index (χ1n) is 7.99. The second-order valence-electron chi connectivity index (χ2n) is 5.46. The van der Waals surface area contributed by atoms with E-state index in [1.54, 1.807) is 24.3 Å². The van der Waals surface area contributed by atoms with Crippen LogP contribution in [0.15, 0.2) is 54.6 Å². The number of hydrogen-bond donors (Lipinski definition) is 0. The van der Waals surface area contributed by atoms with Gasteiger partial charge < -0.3 is 0 Å². The molecule has 2 rings (SSSR count). The monoisotopic (exact) mass is 492 g/mol. The Morgan fingerprint density at radius 2 is 1.78 bits per heavy atom. The Labute approximate surface area is 165 Å². The molecule has 0 aromatic heterocycles. The van der Waals surface area contributed by atoms with Gasteiger partial charge in [-0.1, -0.05) is 0 Å². The summed E-state index contributed by atoms with van der Waals surface area (Å²) in [6.07, 6.45) is 0.461. The molecule has 0 amide bonds. The standard InChI is InChI=1S/C20H17F3O3Te/c1-2-12-25-17(13-19(24)26-16-6-4-3-5-7-16)14-27-18-10-8-15(9-11-18)20(21,22)23/h1,3-11,17H,12-14H2. The maximum atomic E-state index is 12.6. The Balaban J connectivity index is 1.91. The molecule has 0 N–H and O–H groups in total. The number of rotatable bonds is 8. The fourth-order valence-electron chi connectivity index (χ4n) is 2.11. The summed E-state index contributed by atoms with van der Waals surface area (Å²) >= 11 is -0.840. The number of para-hydroxylation sites is 1. The Kier molecular flexibility index (Phi) is 8.19. The molecule has 27 heavy (non-hydrogen) atoms. The predicted octanol–water partition coefficient (Wildman–Crippen LogP) is 3.47. The summed E-state index contributed by atoms with van der Waals surface area (Å²) in [5, 5.41) is 0. The molecule has 1 atom stereocenters. The zero-order valence-electron chi connectivity index (χ0n) is 14.2. The molecular weight excluding hydrogens is 473 g/mol. The molecule has 0 heterocycles. The molecule has 0 aliphatic heterocycles. The van der Waals surface area contributed by atoms with Gasteiger partial charge in [-0.25, -0.2) is 0 Å². The maximum absolute atomic E-state index is 12.6. The molecule has 1 unspecified atom stereocenters. The summed E-state index contributed by atoms with van der Waals surface area (Å²) in [5.74, 6) is 2.36. The van der Waals surface area contributed by atoms with Crippen LogP contribution in [0.3, 0.4) is 0 Å². The van der Waals surface area contributed by atoms with Crippen LogP contribution in [0.25, 0.3) is 0 Å². The molecule has 2 aromatic carbocycles. The number of carbonyl (C=O) groups excluding carboxylic acids is 1. The van der Waals surface area contributed by atoms with Crippen molar-refractivity contribution in [2.75, 3.05) is 6.61 Å². The zero-order chi connectivity index (χ0) is 19.7. The van der Waals surface area contributed by atoms with Crippen LogP contribution in [0.1, 0.15) is 12.0 Å². The van der Waals surface area contributed by atoms with Gasteiger partial charge in [-0.2, -0.15) is 0 Å². The Morgan fingerprint density at radius 1 is 1.11 bits per heavy atom. The summed E-state index contributed by atoms with van der Waals surface area (Å²) in [5.41, 5.74) is -0.676. The van der Waals surface area contributed by atoms with Gasteiger partial charge in [0, 0.05) is 0 Å². The number of alkyl halides is 3. The quantitative estimate of drug-likeness (QED) is 0.246. The summed E-state index contributed by atoms with van der Waals surface area (Å²) in [4.78, 5) is 12.1. The summed E-state index contributed by atoms with van der Waals surface area (Å²) in [6, 6.07) is 13.8. The molecule has 0 aliphatic rings. The van der Waals surface area contributed by atoms with Gasteiger partial charge >= 0.3 is 166 Å². The second-order valence-corrected chi connectivity index (χ2v) is 8.58. The molecule has 7 heteroatoms. The molecule has 2 aromatic rings. The average molecular weight is 490 g/mol. The third-order valence-electron chi connectivity index (χ3n) is 3.39. The SMILES string of the molecule is C#CCOC(C[Te]c1ccc(C(F)(F)F)cc1)CC(=O)Oc1ccccc1. The van der Waals surface area contributed by atoms with Crippen molar-refractivity contribution in [3.8, 4) is 18.1 Å². The van der Waals surface area contributed by atoms with Crippen molar-refractivity contribution >= 4 is 30.5 Å². The van der Waals surface area contributed by atoms with Gasteiger partial charge in [-0.3, -0.25) is 0 Å². The molecule has 0 aliphatic carbocycles. The minimum absolute atomic E-state index is 0.0297. The fraction of sp³-hybridized carbons (Fsp3) is 0.250. The van der Waals surface area contributed by atoms with Crippen LogP contribution in [0.5, 0.6) is 5.75 Å². The minimum atomic E-state index is -4.35. The molecular formula is C20H17F3O3Te. The summed E-state index contributed by atoms with van der Waals surface area (Å²) in [6.45, 7) is 0.0588. The first kappa shape index (κ1) is 21.3. The Morgan fingerprint density at radius 3 is 2.37 bits per heavy atom. The van der Waals surface area contributed by atoms with Gasteiger partial charge in [0.2, 0.25) is 0 Å². The van der Waals surface area contributed by atoms with Gasteiger partial charge in [0.1, 0.15) is 0 Å². The van der Waals surface area contributed by atoms with Crippen LogP contribution in [0, 0.1) is 12.3 Å². The van der Waals surface area contributed by atoms with E-state index in [2.05, 4.69) is 5.92 Å². The number of terminal acetylenes is 1. The van der Waals surface area contributed by atoms with Crippen LogP contribution < -0.4 is 8.35 Å². The summed E-state index contributed by atoms with van der Waals surface area (Å²) < 4.78 is 50.0. The van der Waals surface area contributed by atoms with E-state index in [9.17, 15) is 18.0 Å². The van der Waals surface area contributed by atoms with Gasteiger partial charge in [0.15, 0.2) is 0 Å². The van der Waals surface area contributed by atoms with Gasteiger partial charge in [-0.15, -0.1) is 0 Å². The van der Waals surface area contributed by atoms with Crippen LogP contribution in [-0.2, 0) is 15.7 Å². The first-order valence-corrected chi connectivity index (χ1v) is 10.8. The Hall–Kier alpha value is -1.99. The van der Waals surface area contributed by atoms with Crippen molar-refractivity contribution in [3.05, 3.63) is 60.2 Å². The molecule has 3 nitrogen and oxygen atoms in total. The van der Waals surface area contributed by atoms with E-state index < -0.39 is 44.7 Å². The van der Waals surface area contributed by atoms with E-state index in [1.807, 2.05) is 6.07 Å². The third kappa shape index (κ3) is 7.64. The number of ether oxygens (including phenoxy) is 2. The molecule has 142 valence electrons. The van der Waals surface area contributed by atoms with Crippen molar-refractivity contribution in [1.29, 1.82) is 0 Å². The van der Waals surface area contributed by atoms with Crippen LogP contribution in [0.4, 0.5) is 13.2 Å². The van der Waals surface area contributed by atoms with E-state index in [4.69, 9.17) is 15.9 Å².